The number of hydrogen-bond acceptors (Lipinski definition) is 21. The summed E-state index contributed by atoms with van der Waals surface area (Å²) in [4.78, 5) is 73.1. The van der Waals surface area contributed by atoms with Crippen molar-refractivity contribution in [3.05, 3.63) is 202 Å². The molecule has 706 valence electrons. The van der Waals surface area contributed by atoms with E-state index in [4.69, 9.17) is 19.6 Å². The molecule has 0 bridgehead atoms. The van der Waals surface area contributed by atoms with Gasteiger partial charge in [-0.3, -0.25) is 37.2 Å². The van der Waals surface area contributed by atoms with E-state index in [-0.39, 0.29) is 165 Å². The fourth-order valence-electron chi connectivity index (χ4n) is 17.3. The summed E-state index contributed by atoms with van der Waals surface area (Å²) in [6.07, 6.45) is 21.8. The Balaban J connectivity index is 0.000000456. The summed E-state index contributed by atoms with van der Waals surface area (Å²) in [6.45, 7) is 25.2. The zero-order valence-electron chi connectivity index (χ0n) is 75.3. The number of hydrogen-bond donors (Lipinski definition) is 5. The Kier molecular flexibility index (Phi) is 46.1. The number of carbonyl (C=O) groups is 5. The maximum absolute atomic E-state index is 12.7. The monoisotopic (exact) mass is 1920 g/mol. The molecule has 5 N–H and O–H groups in total. The van der Waals surface area contributed by atoms with Crippen LogP contribution in [0.1, 0.15) is 197 Å². The Morgan fingerprint density at radius 3 is 1.55 bits per heavy atom. The van der Waals surface area contributed by atoms with Crippen molar-refractivity contribution in [3.63, 3.8) is 0 Å². The summed E-state index contributed by atoms with van der Waals surface area (Å²) >= 11 is 0. The Morgan fingerprint density at radius 1 is 0.580 bits per heavy atom. The largest absolute Gasteiger partial charge is 1.00 e. The van der Waals surface area contributed by atoms with E-state index in [0.717, 1.165) is 124 Å². The zero-order valence-corrected chi connectivity index (χ0v) is 82.9. The first-order valence-electron chi connectivity index (χ1n) is 42.7. The van der Waals surface area contributed by atoms with Crippen molar-refractivity contribution in [2.75, 3.05) is 95.4 Å². The van der Waals surface area contributed by atoms with Crippen molar-refractivity contribution in [1.82, 2.24) is 19.6 Å². The normalized spacial score (nSPS) is 18.5. The van der Waals surface area contributed by atoms with Gasteiger partial charge in [-0.25, -0.2) is 34.8 Å². The molecule has 0 aromatic heterocycles. The molecule has 0 spiro atoms. The van der Waals surface area contributed by atoms with E-state index in [1.165, 1.54) is 53.2 Å². The number of fused-ring (bicyclic) bond motifs is 3. The maximum Gasteiger partial charge on any atom is 1.00 e. The molecule has 2 fully saturated rings. The number of carboxylic acids is 3. The van der Waals surface area contributed by atoms with Gasteiger partial charge in [0.05, 0.1) is 51.0 Å². The quantitative estimate of drug-likeness (QED) is 0.00726. The SMILES string of the molecule is C.C.CC1=[N+](CCCCCC(=O)O)c2ccc(S(=O)(=O)[O-])cc2C1(C)C.CCOC(=O)N1CCN(C2=C(/C=C/C3[NH+](CCCCCC(=O)O)c4ccc(S(=O)(=O)[O-])cc4C3(C)C)CC/C2=C\C=C2\N(CCCCCC(=O)O)c3ccc(S(=O)(=O)[O-])cc3C2(C)C)CC1.CCOC(=O)N1CCN(C2=C(C=Nc3ccccc3)CC/C2=C\Nc2ccccc2)CC1.FB(F)F.[F-].[K+].[Na+]. The number of nitrogens with one attached hydrogen (secondary N) is 2. The molecule has 2 atom stereocenters. The van der Waals surface area contributed by atoms with Gasteiger partial charge in [-0.15, -0.1) is 0 Å². The molecule has 2 amide bonds. The van der Waals surface area contributed by atoms with Crippen LogP contribution < -0.4 is 101 Å². The van der Waals surface area contributed by atoms with Gasteiger partial charge in [-0.1, -0.05) is 83.7 Å². The number of allylic oxidation sites excluding steroid dienone is 8. The smallest absolute Gasteiger partial charge is 1.00 e. The first-order valence-corrected chi connectivity index (χ1v) is 46.9. The number of para-hydroxylation sites is 2. The van der Waals surface area contributed by atoms with Gasteiger partial charge in [-0.05, 0) is 219 Å². The van der Waals surface area contributed by atoms with E-state index < -0.39 is 66.6 Å². The molecule has 5 aromatic rings. The van der Waals surface area contributed by atoms with Crippen LogP contribution >= 0.6 is 0 Å². The molecule has 2 unspecified atom stereocenters. The molecule has 0 saturated carbocycles. The zero-order chi connectivity index (χ0) is 92.1. The second kappa shape index (κ2) is 52.3. The van der Waals surface area contributed by atoms with Crippen molar-refractivity contribution in [1.29, 1.82) is 0 Å². The molecular weight excluding hydrogens is 1790 g/mol. The Bertz CT molecular complexity index is 5380. The number of halogens is 4. The van der Waals surface area contributed by atoms with Gasteiger partial charge in [0, 0.05) is 161 Å². The summed E-state index contributed by atoms with van der Waals surface area (Å²) in [5, 5.41) is 30.5. The van der Waals surface area contributed by atoms with Crippen LogP contribution in [0, 0.1) is 0 Å². The number of carbonyl (C=O) groups excluding carboxylic acids is 2. The van der Waals surface area contributed by atoms with Gasteiger partial charge >= 0.3 is 119 Å². The van der Waals surface area contributed by atoms with Gasteiger partial charge in [0.25, 0.3) is 0 Å². The molecule has 131 heavy (non-hydrogen) atoms. The van der Waals surface area contributed by atoms with E-state index in [2.05, 4.69) is 67.2 Å². The van der Waals surface area contributed by atoms with Crippen LogP contribution in [0.2, 0.25) is 0 Å². The van der Waals surface area contributed by atoms with Crippen LogP contribution in [0.4, 0.5) is 51.0 Å². The van der Waals surface area contributed by atoms with Gasteiger partial charge in [0.1, 0.15) is 48.6 Å². The summed E-state index contributed by atoms with van der Waals surface area (Å²) < 4.78 is 148. The molecular formula is C93H124BF4KN9NaO19S3. The van der Waals surface area contributed by atoms with E-state index in [1.807, 2.05) is 110 Å². The minimum absolute atomic E-state index is 0. The second-order valence-electron chi connectivity index (χ2n) is 33.4. The number of benzene rings is 5. The van der Waals surface area contributed by atoms with E-state index in [0.29, 0.717) is 116 Å². The minimum Gasteiger partial charge on any atom is -1.00 e. The Morgan fingerprint density at radius 2 is 1.04 bits per heavy atom. The van der Waals surface area contributed by atoms with Crippen molar-refractivity contribution >= 4 is 108 Å². The first kappa shape index (κ1) is 115. The maximum atomic E-state index is 12.7. The minimum atomic E-state index is -4.73. The number of ether oxygens (including phenoxy) is 2. The topological polar surface area (TPSA) is 384 Å². The molecule has 7 aliphatic rings. The van der Waals surface area contributed by atoms with Crippen LogP contribution in [-0.4, -0.2) is 219 Å². The van der Waals surface area contributed by atoms with Crippen LogP contribution in [0.3, 0.4) is 0 Å². The average molecular weight is 1920 g/mol. The van der Waals surface area contributed by atoms with E-state index in [9.17, 15) is 86.0 Å². The summed E-state index contributed by atoms with van der Waals surface area (Å²) in [5.74, 6) is -2.48. The van der Waals surface area contributed by atoms with Crippen molar-refractivity contribution in [2.24, 2.45) is 4.99 Å². The van der Waals surface area contributed by atoms with E-state index >= 15 is 0 Å². The fraction of sp³-hybridized carbons (Fsp3) is 0.473. The van der Waals surface area contributed by atoms with Gasteiger partial charge < -0.3 is 73.0 Å². The van der Waals surface area contributed by atoms with Gasteiger partial charge in [0.2, 0.25) is 5.69 Å². The third kappa shape index (κ3) is 31.3. The Hall–Kier alpha value is -7.86. The third-order valence-electron chi connectivity index (χ3n) is 24.1. The van der Waals surface area contributed by atoms with Crippen molar-refractivity contribution < 1.29 is 196 Å². The third-order valence-corrected chi connectivity index (χ3v) is 26.6. The first-order chi connectivity index (χ1) is 59.6. The number of amides is 2. The predicted octanol–water partition coefficient (Wildman–Crippen LogP) is 6.95. The Labute approximate surface area is 834 Å². The summed E-state index contributed by atoms with van der Waals surface area (Å²) in [5.41, 5.74) is 14.2. The number of unbranched alkanes of at least 4 members (excludes halogenated alkanes) is 6. The van der Waals surface area contributed by atoms with Crippen LogP contribution in [0.15, 0.2) is 205 Å². The van der Waals surface area contributed by atoms with Crippen molar-refractivity contribution in [3.8, 4) is 0 Å². The fourth-order valence-corrected chi connectivity index (χ4v) is 18.8. The molecule has 0 radical (unpaired) electrons. The predicted molar refractivity (Wildman–Crippen MR) is 486 cm³/mol. The standard InChI is InChI=1S/C48H64N4O12S2.C26H30N4O2.C17H23NO5S.2CH4.BF3.FH.K.Na/c1-6-64-46(57)50-29-27-49(28-30-50)45-33(17-23-41-47(2,3)37-31-35(65(58,59)60)19-21-39(37)51(41)25-11-7-9-13-43(53)54)15-16-34(45)18-24-42-48(4,5)38-32-36(66(61,62)63)20-22-40(38)52(42)26-12-8-10-14-44(55)56;1-2-32-26(31)30-17-15-29(16-18-30)25-21(19-27-23-9-5-3-6-10-23)13-14-22(25)20-28-24-11-7-4-8-12-24;1-12-17(2,3)14-11-13(24(21,22)23)8-9-15(14)18(12)10-6-4-5-7-16(19)20;;;2-1(3)4;;;/h17-24,31-32,41H,6-16,25-30H2,1-5H3,(H,53,54)(H,55,56)(H,58,59,60)(H,61,62,63);3-12,19-20,27H,2,13-18H2,1H3;8-9,11H,4-7,10H2,1-3H3,(H-,19,20,21,22,23);2*1H4;;1H;;/q;;;;;;;2*+1/p-2/b23-17+,34-18+,42-24+;21-19+,28-20?;;;;;;;. The van der Waals surface area contributed by atoms with E-state index in [1.54, 1.807) is 34.9 Å². The molecule has 38 heteroatoms. The number of quaternary nitrogens is 1. The van der Waals surface area contributed by atoms with Crippen LogP contribution in [0.25, 0.3) is 0 Å². The van der Waals surface area contributed by atoms with Crippen LogP contribution in [-0.2, 0) is 70.5 Å². The second-order valence-corrected chi connectivity index (χ2v) is 37.5. The molecule has 5 aliphatic heterocycles. The van der Waals surface area contributed by atoms with Crippen LogP contribution in [0.5, 0.6) is 0 Å². The van der Waals surface area contributed by atoms with Gasteiger partial charge in [0.15, 0.2) is 5.71 Å². The molecule has 2 saturated heterocycles. The molecule has 5 heterocycles. The number of rotatable bonds is 32. The molecule has 12 rings (SSSR count). The van der Waals surface area contributed by atoms with Crippen molar-refractivity contribution in [2.45, 2.75) is 217 Å². The number of carboxylic acid groups (broad SMARTS) is 3. The number of anilines is 2. The van der Waals surface area contributed by atoms with Gasteiger partial charge in [-0.2, -0.15) is 4.58 Å². The molecule has 2 aliphatic carbocycles. The number of piperazine rings is 2. The number of aliphatic imine (C=N–C) groups is 1. The summed E-state index contributed by atoms with van der Waals surface area (Å²) in [6, 6.07) is 33.6. The summed E-state index contributed by atoms with van der Waals surface area (Å²) in [7, 11) is -17.6. The number of aliphatic carboxylic acids is 3. The molecule has 5 aromatic carbocycles. The molecule has 28 nitrogen and oxygen atoms in total. The number of nitrogens with zero attached hydrogens (tertiary/aromatic N) is 7. The average Bonchev–Trinajstić information content (AvgIpc) is 1.58.